The van der Waals surface area contributed by atoms with E-state index in [1.54, 1.807) is 0 Å². The number of fused-ring (bicyclic) bond motifs is 1. The molecule has 0 saturated heterocycles. The zero-order valence-corrected chi connectivity index (χ0v) is 17.7. The van der Waals surface area contributed by atoms with Gasteiger partial charge in [0.2, 0.25) is 0 Å². The molecular formula is C22H11BrF6N2O2. The van der Waals surface area contributed by atoms with Crippen LogP contribution in [0.3, 0.4) is 0 Å². The van der Waals surface area contributed by atoms with E-state index in [9.17, 15) is 35.9 Å². The van der Waals surface area contributed by atoms with Crippen LogP contribution in [-0.4, -0.2) is 11.8 Å². The third kappa shape index (κ3) is 4.32. The minimum Gasteiger partial charge on any atom is -0.341 e. The zero-order chi connectivity index (χ0) is 24.1. The number of amides is 2. The van der Waals surface area contributed by atoms with Gasteiger partial charge >= 0.3 is 6.18 Å². The van der Waals surface area contributed by atoms with Gasteiger partial charge in [0, 0.05) is 32.4 Å². The van der Waals surface area contributed by atoms with Gasteiger partial charge in [-0.3, -0.25) is 9.59 Å². The lowest BCUT2D eigenvalue weighted by molar-refractivity contribution is -0.137. The van der Waals surface area contributed by atoms with E-state index in [1.165, 1.54) is 24.3 Å². The normalized spacial score (nSPS) is 15.2. The number of benzene rings is 3. The average molecular weight is 529 g/mol. The van der Waals surface area contributed by atoms with Crippen molar-refractivity contribution >= 4 is 33.4 Å². The highest BCUT2D eigenvalue weighted by Gasteiger charge is 2.36. The summed E-state index contributed by atoms with van der Waals surface area (Å²) in [6, 6.07) is 6.26. The number of halogens is 7. The van der Waals surface area contributed by atoms with Crippen LogP contribution in [0.15, 0.2) is 53.0 Å². The molecule has 1 heterocycles. The number of carbonyl (C=O) groups is 2. The second-order valence-corrected chi connectivity index (χ2v) is 8.06. The number of nitrogens with one attached hydrogen (secondary N) is 2. The largest absolute Gasteiger partial charge is 0.416 e. The fourth-order valence-electron chi connectivity index (χ4n) is 3.56. The average Bonchev–Trinajstić information content (AvgIpc) is 3.05. The van der Waals surface area contributed by atoms with Gasteiger partial charge in [0.25, 0.3) is 11.8 Å². The number of carbonyl (C=O) groups excluding carboxylic acids is 2. The van der Waals surface area contributed by atoms with Crippen LogP contribution in [0.4, 0.5) is 32.0 Å². The van der Waals surface area contributed by atoms with E-state index >= 15 is 0 Å². The Bertz CT molecular complexity index is 1310. The van der Waals surface area contributed by atoms with E-state index in [-0.39, 0.29) is 28.4 Å². The monoisotopic (exact) mass is 528 g/mol. The van der Waals surface area contributed by atoms with Crippen LogP contribution in [0.5, 0.6) is 0 Å². The van der Waals surface area contributed by atoms with Gasteiger partial charge in [0.05, 0.1) is 11.6 Å². The fourth-order valence-corrected chi connectivity index (χ4v) is 4.01. The number of anilines is 1. The lowest BCUT2D eigenvalue weighted by Crippen LogP contribution is -2.22. The standard InChI is InChI=1S/C22H11BrF6N2O2/c23-11-7-14-17(19(31-21(14)33)13-2-1-3-15(25)18(13)26)16(8-11)30-20(32)9-4-10(22(27,28)29)6-12(24)5-9/h1-8,19H,(H,30,32)(H,31,33). The molecule has 11 heteroatoms. The third-order valence-corrected chi connectivity index (χ3v) is 5.44. The Kier molecular flexibility index (Phi) is 5.69. The van der Waals surface area contributed by atoms with E-state index in [4.69, 9.17) is 0 Å². The van der Waals surface area contributed by atoms with Gasteiger partial charge < -0.3 is 10.6 Å². The van der Waals surface area contributed by atoms with Gasteiger partial charge in [0.15, 0.2) is 11.6 Å². The summed E-state index contributed by atoms with van der Waals surface area (Å²) >= 11 is 3.17. The summed E-state index contributed by atoms with van der Waals surface area (Å²) in [6.45, 7) is 0. The topological polar surface area (TPSA) is 58.2 Å². The second-order valence-electron chi connectivity index (χ2n) is 7.14. The minimum absolute atomic E-state index is 0.0311. The molecule has 0 aliphatic carbocycles. The molecule has 0 bridgehead atoms. The van der Waals surface area contributed by atoms with Gasteiger partial charge in [-0.15, -0.1) is 0 Å². The van der Waals surface area contributed by atoms with Crippen molar-refractivity contribution in [3.63, 3.8) is 0 Å². The van der Waals surface area contributed by atoms with E-state index in [0.717, 1.165) is 6.07 Å². The molecule has 3 aromatic rings. The van der Waals surface area contributed by atoms with Crippen molar-refractivity contribution in [3.05, 3.63) is 98.3 Å². The lowest BCUT2D eigenvalue weighted by atomic mass is 9.95. The Morgan fingerprint density at radius 1 is 1.03 bits per heavy atom. The molecule has 4 rings (SSSR count). The Labute approximate surface area is 190 Å². The third-order valence-electron chi connectivity index (χ3n) is 4.98. The van der Waals surface area contributed by atoms with E-state index in [2.05, 4.69) is 26.6 Å². The maximum absolute atomic E-state index is 14.4. The highest BCUT2D eigenvalue weighted by Crippen LogP contribution is 2.40. The first-order valence-electron chi connectivity index (χ1n) is 9.23. The van der Waals surface area contributed by atoms with Crippen molar-refractivity contribution in [2.45, 2.75) is 12.2 Å². The lowest BCUT2D eigenvalue weighted by Gasteiger charge is -2.18. The second kappa shape index (κ2) is 8.22. The Morgan fingerprint density at radius 2 is 1.76 bits per heavy atom. The molecular weight excluding hydrogens is 518 g/mol. The highest BCUT2D eigenvalue weighted by atomic mass is 79.9. The predicted octanol–water partition coefficient (Wildman–Crippen LogP) is 5.97. The van der Waals surface area contributed by atoms with Crippen LogP contribution in [0, 0.1) is 17.5 Å². The van der Waals surface area contributed by atoms with Crippen LogP contribution in [0.2, 0.25) is 0 Å². The molecule has 1 aliphatic rings. The number of hydrogen-bond donors (Lipinski definition) is 2. The number of alkyl halides is 3. The molecule has 2 amide bonds. The van der Waals surface area contributed by atoms with Crippen LogP contribution < -0.4 is 10.6 Å². The molecule has 0 aromatic heterocycles. The van der Waals surface area contributed by atoms with Gasteiger partial charge in [-0.25, -0.2) is 13.2 Å². The first kappa shape index (κ1) is 22.8. The van der Waals surface area contributed by atoms with Crippen molar-refractivity contribution in [1.82, 2.24) is 5.32 Å². The van der Waals surface area contributed by atoms with E-state index in [0.29, 0.717) is 16.6 Å². The van der Waals surface area contributed by atoms with Crippen molar-refractivity contribution in [2.75, 3.05) is 5.32 Å². The molecule has 3 aromatic carbocycles. The summed E-state index contributed by atoms with van der Waals surface area (Å²) in [5.41, 5.74) is -2.15. The van der Waals surface area contributed by atoms with Crippen LogP contribution in [0.1, 0.15) is 43.4 Å². The quantitative estimate of drug-likeness (QED) is 0.411. The van der Waals surface area contributed by atoms with E-state index in [1.807, 2.05) is 0 Å². The van der Waals surface area contributed by atoms with Crippen molar-refractivity contribution in [3.8, 4) is 0 Å². The molecule has 170 valence electrons. The summed E-state index contributed by atoms with van der Waals surface area (Å²) in [7, 11) is 0. The van der Waals surface area contributed by atoms with Gasteiger partial charge in [-0.2, -0.15) is 13.2 Å². The maximum Gasteiger partial charge on any atom is 0.416 e. The van der Waals surface area contributed by atoms with Crippen molar-refractivity contribution < 1.29 is 35.9 Å². The SMILES string of the molecule is O=C(Nc1cc(Br)cc2c1C(c1cccc(F)c1F)NC2=O)c1cc(F)cc(C(F)(F)F)c1. The van der Waals surface area contributed by atoms with Gasteiger partial charge in [-0.05, 0) is 36.4 Å². The summed E-state index contributed by atoms with van der Waals surface area (Å²) in [6.07, 6.45) is -4.88. The Morgan fingerprint density at radius 3 is 2.45 bits per heavy atom. The fraction of sp³-hybridized carbons (Fsp3) is 0.0909. The van der Waals surface area contributed by atoms with E-state index < -0.39 is 52.6 Å². The summed E-state index contributed by atoms with van der Waals surface area (Å²) < 4.78 is 81.3. The van der Waals surface area contributed by atoms with Crippen LogP contribution in [0.25, 0.3) is 0 Å². The molecule has 1 unspecified atom stereocenters. The summed E-state index contributed by atoms with van der Waals surface area (Å²) in [5, 5.41) is 4.84. The molecule has 33 heavy (non-hydrogen) atoms. The predicted molar refractivity (Wildman–Crippen MR) is 109 cm³/mol. The summed E-state index contributed by atoms with van der Waals surface area (Å²) in [5.74, 6) is -5.38. The number of hydrogen-bond acceptors (Lipinski definition) is 2. The van der Waals surface area contributed by atoms with Crippen molar-refractivity contribution in [2.24, 2.45) is 0 Å². The molecule has 2 N–H and O–H groups in total. The molecule has 0 radical (unpaired) electrons. The molecule has 4 nitrogen and oxygen atoms in total. The molecule has 0 fully saturated rings. The number of rotatable bonds is 3. The molecule has 1 atom stereocenters. The molecule has 1 aliphatic heterocycles. The molecule has 0 saturated carbocycles. The summed E-state index contributed by atoms with van der Waals surface area (Å²) in [4.78, 5) is 25.2. The maximum atomic E-state index is 14.4. The minimum atomic E-state index is -4.88. The highest BCUT2D eigenvalue weighted by molar-refractivity contribution is 9.10. The van der Waals surface area contributed by atoms with Crippen LogP contribution >= 0.6 is 15.9 Å². The van der Waals surface area contributed by atoms with Crippen molar-refractivity contribution in [1.29, 1.82) is 0 Å². The smallest absolute Gasteiger partial charge is 0.341 e. The molecule has 0 spiro atoms. The first-order valence-corrected chi connectivity index (χ1v) is 10.0. The van der Waals surface area contributed by atoms with Crippen LogP contribution in [-0.2, 0) is 6.18 Å². The Hall–Kier alpha value is -3.34. The zero-order valence-electron chi connectivity index (χ0n) is 16.2. The first-order chi connectivity index (χ1) is 15.5. The Balaban J connectivity index is 1.79. The van der Waals surface area contributed by atoms with Gasteiger partial charge in [-0.1, -0.05) is 28.1 Å². The van der Waals surface area contributed by atoms with Gasteiger partial charge in [0.1, 0.15) is 5.82 Å².